The lowest BCUT2D eigenvalue weighted by Crippen LogP contribution is -2.22. The van der Waals surface area contributed by atoms with Crippen molar-refractivity contribution in [3.05, 3.63) is 50.9 Å². The maximum atomic E-state index is 6.04. The molecule has 1 aromatic carbocycles. The van der Waals surface area contributed by atoms with Gasteiger partial charge in [0.05, 0.1) is 16.7 Å². The van der Waals surface area contributed by atoms with E-state index in [1.807, 2.05) is 25.1 Å². The monoisotopic (exact) mass is 266 g/mol. The normalized spacial score (nSPS) is 12.6. The summed E-state index contributed by atoms with van der Waals surface area (Å²) in [4.78, 5) is 4.55. The molecule has 4 heteroatoms. The summed E-state index contributed by atoms with van der Waals surface area (Å²) in [7, 11) is 0. The number of benzene rings is 1. The first-order valence-electron chi connectivity index (χ1n) is 5.61. The van der Waals surface area contributed by atoms with Crippen molar-refractivity contribution < 1.29 is 0 Å². The fourth-order valence-corrected chi connectivity index (χ4v) is 2.63. The van der Waals surface area contributed by atoms with Crippen molar-refractivity contribution in [2.75, 3.05) is 6.54 Å². The molecule has 90 valence electrons. The first-order chi connectivity index (χ1) is 8.20. The molecule has 2 nitrogen and oxygen atoms in total. The Morgan fingerprint density at radius 1 is 1.47 bits per heavy atom. The van der Waals surface area contributed by atoms with Crippen LogP contribution in [0.1, 0.15) is 29.2 Å². The molecule has 0 aliphatic heterocycles. The van der Waals surface area contributed by atoms with Gasteiger partial charge in [0.1, 0.15) is 0 Å². The number of hydrogen-bond acceptors (Lipinski definition) is 3. The molecule has 0 amide bonds. The molecule has 1 N–H and O–H groups in total. The Morgan fingerprint density at radius 3 is 2.88 bits per heavy atom. The smallest absolute Gasteiger partial charge is 0.0898 e. The number of halogens is 1. The fraction of sp³-hybridized carbons (Fsp3) is 0.308. The molecule has 0 aliphatic rings. The number of aromatic nitrogens is 1. The quantitative estimate of drug-likeness (QED) is 0.910. The van der Waals surface area contributed by atoms with E-state index in [0.717, 1.165) is 27.8 Å². The SMILES string of the molecule is CCNC(c1cccc(Cl)c1)c1csc(C)n1. The van der Waals surface area contributed by atoms with Crippen molar-refractivity contribution in [1.29, 1.82) is 0 Å². The average Bonchev–Trinajstić information content (AvgIpc) is 2.72. The number of rotatable bonds is 4. The van der Waals surface area contributed by atoms with Crippen LogP contribution in [0.2, 0.25) is 5.02 Å². The zero-order valence-corrected chi connectivity index (χ0v) is 11.5. The van der Waals surface area contributed by atoms with Crippen LogP contribution in [0.4, 0.5) is 0 Å². The highest BCUT2D eigenvalue weighted by molar-refractivity contribution is 7.09. The lowest BCUT2D eigenvalue weighted by molar-refractivity contribution is 0.618. The van der Waals surface area contributed by atoms with E-state index in [0.29, 0.717) is 0 Å². The van der Waals surface area contributed by atoms with Gasteiger partial charge in [0, 0.05) is 10.4 Å². The molecule has 1 unspecified atom stereocenters. The van der Waals surface area contributed by atoms with Crippen LogP contribution in [-0.4, -0.2) is 11.5 Å². The highest BCUT2D eigenvalue weighted by Gasteiger charge is 2.15. The van der Waals surface area contributed by atoms with Gasteiger partial charge in [-0.1, -0.05) is 30.7 Å². The predicted molar refractivity (Wildman–Crippen MR) is 73.8 cm³/mol. The summed E-state index contributed by atoms with van der Waals surface area (Å²) in [5.41, 5.74) is 2.22. The number of nitrogens with zero attached hydrogens (tertiary/aromatic N) is 1. The van der Waals surface area contributed by atoms with Crippen molar-refractivity contribution in [3.8, 4) is 0 Å². The molecule has 0 fully saturated rings. The zero-order chi connectivity index (χ0) is 12.3. The van der Waals surface area contributed by atoms with Gasteiger partial charge in [-0.3, -0.25) is 0 Å². The molecular formula is C13H15ClN2S. The van der Waals surface area contributed by atoms with E-state index in [2.05, 4.69) is 28.7 Å². The van der Waals surface area contributed by atoms with E-state index in [1.54, 1.807) is 11.3 Å². The summed E-state index contributed by atoms with van der Waals surface area (Å²) < 4.78 is 0. The van der Waals surface area contributed by atoms with Gasteiger partial charge in [-0.05, 0) is 31.2 Å². The third kappa shape index (κ3) is 3.06. The van der Waals surface area contributed by atoms with E-state index in [4.69, 9.17) is 11.6 Å². The molecule has 0 saturated carbocycles. The number of nitrogens with one attached hydrogen (secondary N) is 1. The number of thiazole rings is 1. The third-order valence-electron chi connectivity index (χ3n) is 2.52. The van der Waals surface area contributed by atoms with E-state index >= 15 is 0 Å². The predicted octanol–water partition coefficient (Wildman–Crippen LogP) is 3.80. The van der Waals surface area contributed by atoms with E-state index in [1.165, 1.54) is 0 Å². The van der Waals surface area contributed by atoms with Gasteiger partial charge in [-0.2, -0.15) is 0 Å². The van der Waals surface area contributed by atoms with Crippen LogP contribution >= 0.6 is 22.9 Å². The minimum Gasteiger partial charge on any atom is -0.305 e. The molecule has 1 heterocycles. The second-order valence-corrected chi connectivity index (χ2v) is 5.34. The van der Waals surface area contributed by atoms with Crippen LogP contribution in [0.5, 0.6) is 0 Å². The van der Waals surface area contributed by atoms with Crippen molar-refractivity contribution in [3.63, 3.8) is 0 Å². The number of aryl methyl sites for hydroxylation is 1. The lowest BCUT2D eigenvalue weighted by atomic mass is 10.0. The molecule has 0 bridgehead atoms. The summed E-state index contributed by atoms with van der Waals surface area (Å²) in [5, 5.41) is 7.39. The van der Waals surface area contributed by atoms with Gasteiger partial charge in [-0.15, -0.1) is 11.3 Å². The molecule has 2 rings (SSSR count). The van der Waals surface area contributed by atoms with Gasteiger partial charge < -0.3 is 5.32 Å². The minimum atomic E-state index is 0.128. The van der Waals surface area contributed by atoms with E-state index in [9.17, 15) is 0 Å². The largest absolute Gasteiger partial charge is 0.305 e. The van der Waals surface area contributed by atoms with Gasteiger partial charge in [0.25, 0.3) is 0 Å². The first kappa shape index (κ1) is 12.6. The Kier molecular flexibility index (Phi) is 4.15. The Balaban J connectivity index is 2.35. The Bertz CT molecular complexity index is 496. The van der Waals surface area contributed by atoms with Crippen molar-refractivity contribution in [2.45, 2.75) is 19.9 Å². The molecule has 2 aromatic rings. The topological polar surface area (TPSA) is 24.9 Å². The molecule has 17 heavy (non-hydrogen) atoms. The summed E-state index contributed by atoms with van der Waals surface area (Å²) in [6.45, 7) is 5.01. The molecule has 0 spiro atoms. The van der Waals surface area contributed by atoms with Crippen molar-refractivity contribution in [1.82, 2.24) is 10.3 Å². The highest BCUT2D eigenvalue weighted by atomic mass is 35.5. The van der Waals surface area contributed by atoms with Gasteiger partial charge in [-0.25, -0.2) is 4.98 Å². The lowest BCUT2D eigenvalue weighted by Gasteiger charge is -2.16. The first-order valence-corrected chi connectivity index (χ1v) is 6.87. The fourth-order valence-electron chi connectivity index (χ4n) is 1.80. The van der Waals surface area contributed by atoms with Gasteiger partial charge in [0.2, 0.25) is 0 Å². The zero-order valence-electron chi connectivity index (χ0n) is 9.90. The Morgan fingerprint density at radius 2 is 2.29 bits per heavy atom. The molecule has 0 aliphatic carbocycles. The summed E-state index contributed by atoms with van der Waals surface area (Å²) in [5.74, 6) is 0. The van der Waals surface area contributed by atoms with Crippen LogP contribution in [-0.2, 0) is 0 Å². The van der Waals surface area contributed by atoms with Crippen molar-refractivity contribution >= 4 is 22.9 Å². The maximum absolute atomic E-state index is 6.04. The van der Waals surface area contributed by atoms with Crippen LogP contribution in [0.25, 0.3) is 0 Å². The van der Waals surface area contributed by atoms with Crippen molar-refractivity contribution in [2.24, 2.45) is 0 Å². The molecule has 1 atom stereocenters. The standard InChI is InChI=1S/C13H15ClN2S/c1-3-15-13(12-8-17-9(2)16-12)10-5-4-6-11(14)7-10/h4-8,13,15H,3H2,1-2H3. The summed E-state index contributed by atoms with van der Waals surface area (Å²) >= 11 is 7.71. The van der Waals surface area contributed by atoms with Crippen LogP contribution in [0.3, 0.4) is 0 Å². The second-order valence-electron chi connectivity index (χ2n) is 3.84. The Hall–Kier alpha value is -0.900. The summed E-state index contributed by atoms with van der Waals surface area (Å²) in [6.07, 6.45) is 0. The maximum Gasteiger partial charge on any atom is 0.0898 e. The molecule has 1 aromatic heterocycles. The Labute approximate surface area is 111 Å². The van der Waals surface area contributed by atoms with Crippen LogP contribution < -0.4 is 5.32 Å². The molecule has 0 radical (unpaired) electrons. The van der Waals surface area contributed by atoms with E-state index in [-0.39, 0.29) is 6.04 Å². The average molecular weight is 267 g/mol. The van der Waals surface area contributed by atoms with Gasteiger partial charge in [0.15, 0.2) is 0 Å². The van der Waals surface area contributed by atoms with E-state index < -0.39 is 0 Å². The third-order valence-corrected chi connectivity index (χ3v) is 3.55. The van der Waals surface area contributed by atoms with Gasteiger partial charge >= 0.3 is 0 Å². The van der Waals surface area contributed by atoms with Crippen LogP contribution in [0.15, 0.2) is 29.6 Å². The summed E-state index contributed by atoms with van der Waals surface area (Å²) in [6, 6.07) is 8.06. The second kappa shape index (κ2) is 5.63. The number of hydrogen-bond donors (Lipinski definition) is 1. The minimum absolute atomic E-state index is 0.128. The highest BCUT2D eigenvalue weighted by Crippen LogP contribution is 2.25. The van der Waals surface area contributed by atoms with Crippen LogP contribution in [0, 0.1) is 6.92 Å². The molecular weight excluding hydrogens is 252 g/mol. The molecule has 0 saturated heterocycles.